The average molecular weight is 326 g/mol. The standard InChI is InChI=1S/C14H27N3O.2ClH/c15-9-3-6-14(18)16-12-7-10-17(11-8-12)13-4-1-2-5-13;;/h12-13H,1-11,15H2,(H,16,18);2*1H. The van der Waals surface area contributed by atoms with E-state index in [-0.39, 0.29) is 30.7 Å². The van der Waals surface area contributed by atoms with Gasteiger partial charge in [-0.3, -0.25) is 4.79 Å². The number of halogens is 2. The molecular formula is C14H29Cl2N3O. The molecule has 0 bridgehead atoms. The quantitative estimate of drug-likeness (QED) is 0.813. The second kappa shape index (κ2) is 10.7. The molecular weight excluding hydrogens is 297 g/mol. The monoisotopic (exact) mass is 325 g/mol. The van der Waals surface area contributed by atoms with Gasteiger partial charge in [0.15, 0.2) is 0 Å². The number of rotatable bonds is 5. The number of amides is 1. The smallest absolute Gasteiger partial charge is 0.220 e. The molecule has 0 aromatic carbocycles. The number of carbonyl (C=O) groups excluding carboxylic acids is 1. The lowest BCUT2D eigenvalue weighted by Crippen LogP contribution is -2.47. The highest BCUT2D eigenvalue weighted by Gasteiger charge is 2.27. The van der Waals surface area contributed by atoms with Crippen molar-refractivity contribution in [3.63, 3.8) is 0 Å². The van der Waals surface area contributed by atoms with E-state index in [1.165, 1.54) is 25.7 Å². The molecule has 0 atom stereocenters. The van der Waals surface area contributed by atoms with Crippen molar-refractivity contribution < 1.29 is 4.79 Å². The largest absolute Gasteiger partial charge is 0.353 e. The van der Waals surface area contributed by atoms with Crippen LogP contribution in [0, 0.1) is 0 Å². The van der Waals surface area contributed by atoms with Crippen molar-refractivity contribution >= 4 is 30.7 Å². The molecule has 1 amide bonds. The van der Waals surface area contributed by atoms with E-state index < -0.39 is 0 Å². The van der Waals surface area contributed by atoms with Gasteiger partial charge in [0.25, 0.3) is 0 Å². The van der Waals surface area contributed by atoms with E-state index in [9.17, 15) is 4.79 Å². The molecule has 0 aromatic rings. The van der Waals surface area contributed by atoms with Crippen LogP contribution in [0.4, 0.5) is 0 Å². The summed E-state index contributed by atoms with van der Waals surface area (Å²) in [7, 11) is 0. The number of piperidine rings is 1. The number of nitrogens with zero attached hydrogens (tertiary/aromatic N) is 1. The maximum absolute atomic E-state index is 11.6. The van der Waals surface area contributed by atoms with Crippen molar-refractivity contribution in [1.82, 2.24) is 10.2 Å². The van der Waals surface area contributed by atoms with Crippen molar-refractivity contribution in [2.75, 3.05) is 19.6 Å². The SMILES string of the molecule is Cl.Cl.NCCCC(=O)NC1CCN(C2CCCC2)CC1. The highest BCUT2D eigenvalue weighted by molar-refractivity contribution is 5.85. The van der Waals surface area contributed by atoms with Crippen molar-refractivity contribution in [2.24, 2.45) is 5.73 Å². The van der Waals surface area contributed by atoms with Crippen LogP contribution < -0.4 is 11.1 Å². The maximum Gasteiger partial charge on any atom is 0.220 e. The van der Waals surface area contributed by atoms with Crippen molar-refractivity contribution in [2.45, 2.75) is 63.5 Å². The lowest BCUT2D eigenvalue weighted by molar-refractivity contribution is -0.122. The Balaban J connectivity index is 0.00000180. The molecule has 1 heterocycles. The van der Waals surface area contributed by atoms with Crippen molar-refractivity contribution in [3.05, 3.63) is 0 Å². The fourth-order valence-electron chi connectivity index (χ4n) is 3.24. The molecule has 2 rings (SSSR count). The van der Waals surface area contributed by atoms with E-state index in [1.807, 2.05) is 0 Å². The van der Waals surface area contributed by atoms with Gasteiger partial charge >= 0.3 is 0 Å². The lowest BCUT2D eigenvalue weighted by atomic mass is 10.0. The third-order valence-corrected chi connectivity index (χ3v) is 4.34. The molecule has 20 heavy (non-hydrogen) atoms. The van der Waals surface area contributed by atoms with Crippen LogP contribution in [0.15, 0.2) is 0 Å². The minimum absolute atomic E-state index is 0. The van der Waals surface area contributed by atoms with Gasteiger partial charge in [-0.05, 0) is 38.6 Å². The summed E-state index contributed by atoms with van der Waals surface area (Å²) >= 11 is 0. The molecule has 1 aliphatic carbocycles. The molecule has 120 valence electrons. The Morgan fingerprint density at radius 3 is 2.25 bits per heavy atom. The summed E-state index contributed by atoms with van der Waals surface area (Å²) in [4.78, 5) is 14.3. The zero-order chi connectivity index (χ0) is 12.8. The van der Waals surface area contributed by atoms with Gasteiger partial charge in [-0.25, -0.2) is 0 Å². The molecule has 0 unspecified atom stereocenters. The first-order valence-corrected chi connectivity index (χ1v) is 7.53. The number of carbonyl (C=O) groups is 1. The number of hydrogen-bond donors (Lipinski definition) is 2. The first kappa shape index (κ1) is 20.0. The Kier molecular flexibility index (Phi) is 10.6. The molecule has 2 aliphatic rings. The van der Waals surface area contributed by atoms with Crippen molar-refractivity contribution in [3.8, 4) is 0 Å². The third-order valence-electron chi connectivity index (χ3n) is 4.34. The summed E-state index contributed by atoms with van der Waals surface area (Å²) in [6.07, 6.45) is 9.18. The van der Waals surface area contributed by atoms with E-state index >= 15 is 0 Å². The van der Waals surface area contributed by atoms with Crippen LogP contribution in [0.25, 0.3) is 0 Å². The van der Waals surface area contributed by atoms with Gasteiger partial charge in [0, 0.05) is 31.6 Å². The zero-order valence-corrected chi connectivity index (χ0v) is 13.8. The van der Waals surface area contributed by atoms with E-state index in [0.29, 0.717) is 19.0 Å². The van der Waals surface area contributed by atoms with Gasteiger partial charge in [0.05, 0.1) is 0 Å². The van der Waals surface area contributed by atoms with Gasteiger partial charge in [0.2, 0.25) is 5.91 Å². The number of hydrogen-bond acceptors (Lipinski definition) is 3. The van der Waals surface area contributed by atoms with Crippen LogP contribution in [-0.2, 0) is 4.79 Å². The van der Waals surface area contributed by atoms with E-state index in [2.05, 4.69) is 10.2 Å². The first-order chi connectivity index (χ1) is 8.79. The van der Waals surface area contributed by atoms with E-state index in [4.69, 9.17) is 5.73 Å². The maximum atomic E-state index is 11.6. The third kappa shape index (κ3) is 6.17. The summed E-state index contributed by atoms with van der Waals surface area (Å²) in [6.45, 7) is 2.92. The molecule has 4 nitrogen and oxygen atoms in total. The minimum Gasteiger partial charge on any atom is -0.353 e. The molecule has 6 heteroatoms. The van der Waals surface area contributed by atoms with E-state index in [1.54, 1.807) is 0 Å². The van der Waals surface area contributed by atoms with Crippen LogP contribution in [0.2, 0.25) is 0 Å². The second-order valence-electron chi connectivity index (χ2n) is 5.71. The molecule has 0 radical (unpaired) electrons. The van der Waals surface area contributed by atoms with Gasteiger partial charge < -0.3 is 16.0 Å². The van der Waals surface area contributed by atoms with Crippen LogP contribution in [0.5, 0.6) is 0 Å². The summed E-state index contributed by atoms with van der Waals surface area (Å²) < 4.78 is 0. The lowest BCUT2D eigenvalue weighted by Gasteiger charge is -2.36. The van der Waals surface area contributed by atoms with Crippen LogP contribution in [-0.4, -0.2) is 42.5 Å². The number of nitrogens with one attached hydrogen (secondary N) is 1. The Labute approximate surface area is 135 Å². The number of likely N-dealkylation sites (tertiary alicyclic amines) is 1. The fraction of sp³-hybridized carbons (Fsp3) is 0.929. The van der Waals surface area contributed by atoms with Gasteiger partial charge in [-0.1, -0.05) is 12.8 Å². The van der Waals surface area contributed by atoms with Crippen LogP contribution in [0.3, 0.4) is 0 Å². The zero-order valence-electron chi connectivity index (χ0n) is 12.2. The minimum atomic E-state index is 0. The predicted octanol–water partition coefficient (Wildman–Crippen LogP) is 2.09. The number of nitrogens with two attached hydrogens (primary N) is 1. The molecule has 0 aromatic heterocycles. The molecule has 1 aliphatic heterocycles. The highest BCUT2D eigenvalue weighted by atomic mass is 35.5. The Morgan fingerprint density at radius 1 is 1.10 bits per heavy atom. The van der Waals surface area contributed by atoms with Gasteiger partial charge in [-0.2, -0.15) is 0 Å². The van der Waals surface area contributed by atoms with Gasteiger partial charge in [0.1, 0.15) is 0 Å². The van der Waals surface area contributed by atoms with Crippen LogP contribution in [0.1, 0.15) is 51.4 Å². The molecule has 1 saturated carbocycles. The summed E-state index contributed by atoms with van der Waals surface area (Å²) in [5, 5.41) is 3.14. The molecule has 3 N–H and O–H groups in total. The van der Waals surface area contributed by atoms with Crippen LogP contribution >= 0.6 is 24.8 Å². The fourth-order valence-corrected chi connectivity index (χ4v) is 3.24. The summed E-state index contributed by atoms with van der Waals surface area (Å²) in [5.74, 6) is 0.180. The average Bonchev–Trinajstić information content (AvgIpc) is 2.91. The topological polar surface area (TPSA) is 58.4 Å². The normalized spacial score (nSPS) is 21.1. The second-order valence-corrected chi connectivity index (χ2v) is 5.71. The Morgan fingerprint density at radius 2 is 1.70 bits per heavy atom. The van der Waals surface area contributed by atoms with Crippen molar-refractivity contribution in [1.29, 1.82) is 0 Å². The summed E-state index contributed by atoms with van der Waals surface area (Å²) in [6, 6.07) is 1.23. The highest BCUT2D eigenvalue weighted by Crippen LogP contribution is 2.26. The Bertz CT molecular complexity index is 265. The first-order valence-electron chi connectivity index (χ1n) is 7.53. The van der Waals surface area contributed by atoms with Gasteiger partial charge in [-0.15, -0.1) is 24.8 Å². The Hall–Kier alpha value is -0.0300. The molecule has 1 saturated heterocycles. The van der Waals surface area contributed by atoms with E-state index in [0.717, 1.165) is 38.4 Å². The summed E-state index contributed by atoms with van der Waals surface area (Å²) in [5.41, 5.74) is 5.41. The molecule has 2 fully saturated rings. The molecule has 0 spiro atoms. The predicted molar refractivity (Wildman–Crippen MR) is 87.8 cm³/mol.